The van der Waals surface area contributed by atoms with Crippen LogP contribution in [-0.2, 0) is 6.42 Å². The molecule has 0 aliphatic heterocycles. The van der Waals surface area contributed by atoms with Gasteiger partial charge in [-0.25, -0.2) is 4.98 Å². The minimum Gasteiger partial charge on any atom is -0.348 e. The van der Waals surface area contributed by atoms with Crippen molar-refractivity contribution in [1.82, 2.24) is 20.2 Å². The molecule has 0 unspecified atom stereocenters. The molecule has 3 rings (SSSR count). The Balaban J connectivity index is 1.76. The maximum atomic E-state index is 4.53. The fraction of sp³-hybridized carbons (Fsp3) is 0.235. The second kappa shape index (κ2) is 7.44. The number of H-pyrrole nitrogens is 1. The SMILES string of the molecule is CCc1cc(Nc2nc(N[C@@H](C)c3ccccc3)ncc2Br)n[nH]1. The average Bonchev–Trinajstić information content (AvgIpc) is 3.06. The van der Waals surface area contributed by atoms with E-state index in [9.17, 15) is 0 Å². The molecule has 0 radical (unpaired) electrons. The van der Waals surface area contributed by atoms with Gasteiger partial charge in [0.1, 0.15) is 0 Å². The lowest BCUT2D eigenvalue weighted by Gasteiger charge is -2.15. The molecule has 0 aliphatic carbocycles. The van der Waals surface area contributed by atoms with Gasteiger partial charge in [0.2, 0.25) is 5.95 Å². The van der Waals surface area contributed by atoms with Crippen molar-refractivity contribution in [3.05, 3.63) is 58.3 Å². The molecule has 0 spiro atoms. The van der Waals surface area contributed by atoms with E-state index >= 15 is 0 Å². The molecule has 6 nitrogen and oxygen atoms in total. The Labute approximate surface area is 149 Å². The molecule has 0 aliphatic rings. The zero-order chi connectivity index (χ0) is 16.9. The van der Waals surface area contributed by atoms with Crippen LogP contribution in [0.25, 0.3) is 0 Å². The van der Waals surface area contributed by atoms with E-state index in [4.69, 9.17) is 0 Å². The highest BCUT2D eigenvalue weighted by molar-refractivity contribution is 9.10. The highest BCUT2D eigenvalue weighted by Crippen LogP contribution is 2.25. The van der Waals surface area contributed by atoms with Crippen LogP contribution in [0.3, 0.4) is 0 Å². The van der Waals surface area contributed by atoms with Crippen molar-refractivity contribution in [2.75, 3.05) is 10.6 Å². The predicted octanol–water partition coefficient (Wildman–Crippen LogP) is 4.44. The number of rotatable bonds is 6. The molecule has 7 heteroatoms. The number of hydrogen-bond donors (Lipinski definition) is 3. The predicted molar refractivity (Wildman–Crippen MR) is 99.5 cm³/mol. The van der Waals surface area contributed by atoms with E-state index in [-0.39, 0.29) is 6.04 Å². The number of aromatic amines is 1. The van der Waals surface area contributed by atoms with Crippen LogP contribution in [0, 0.1) is 0 Å². The molecule has 0 saturated carbocycles. The van der Waals surface area contributed by atoms with Crippen LogP contribution in [0.15, 0.2) is 47.1 Å². The molecule has 0 saturated heterocycles. The van der Waals surface area contributed by atoms with Crippen LogP contribution in [0.5, 0.6) is 0 Å². The summed E-state index contributed by atoms with van der Waals surface area (Å²) in [4.78, 5) is 8.86. The van der Waals surface area contributed by atoms with Crippen LogP contribution >= 0.6 is 15.9 Å². The van der Waals surface area contributed by atoms with Crippen molar-refractivity contribution in [1.29, 1.82) is 0 Å². The van der Waals surface area contributed by atoms with Gasteiger partial charge in [0, 0.05) is 18.0 Å². The molecule has 3 N–H and O–H groups in total. The Bertz CT molecular complexity index is 802. The standard InChI is InChI=1S/C17H19BrN6/c1-3-13-9-15(24-23-13)21-16-14(18)10-19-17(22-16)20-11(2)12-7-5-4-6-8-12/h4-11H,3H2,1-2H3,(H3,19,20,21,22,23,24)/t11-/m0/s1. The molecule has 0 fully saturated rings. The summed E-state index contributed by atoms with van der Waals surface area (Å²) in [6.45, 7) is 4.15. The lowest BCUT2D eigenvalue weighted by Crippen LogP contribution is -2.10. The molecule has 2 heterocycles. The fourth-order valence-corrected chi connectivity index (χ4v) is 2.56. The third-order valence-electron chi connectivity index (χ3n) is 3.65. The van der Waals surface area contributed by atoms with E-state index in [1.54, 1.807) is 6.20 Å². The van der Waals surface area contributed by atoms with Crippen LogP contribution in [-0.4, -0.2) is 20.2 Å². The van der Waals surface area contributed by atoms with Crippen LogP contribution < -0.4 is 10.6 Å². The Hall–Kier alpha value is -2.41. The quantitative estimate of drug-likeness (QED) is 0.583. The lowest BCUT2D eigenvalue weighted by atomic mass is 10.1. The molecule has 1 aromatic carbocycles. The zero-order valence-corrected chi connectivity index (χ0v) is 15.1. The maximum Gasteiger partial charge on any atom is 0.225 e. The summed E-state index contributed by atoms with van der Waals surface area (Å²) < 4.78 is 0.779. The summed E-state index contributed by atoms with van der Waals surface area (Å²) in [7, 11) is 0. The van der Waals surface area contributed by atoms with Gasteiger partial charge < -0.3 is 10.6 Å². The van der Waals surface area contributed by atoms with E-state index in [1.807, 2.05) is 24.3 Å². The van der Waals surface area contributed by atoms with Crippen LogP contribution in [0.1, 0.15) is 31.1 Å². The monoisotopic (exact) mass is 386 g/mol. The number of hydrogen-bond acceptors (Lipinski definition) is 5. The summed E-state index contributed by atoms with van der Waals surface area (Å²) in [5, 5.41) is 13.7. The van der Waals surface area contributed by atoms with Gasteiger partial charge in [-0.1, -0.05) is 37.3 Å². The van der Waals surface area contributed by atoms with E-state index < -0.39 is 0 Å². The minimum absolute atomic E-state index is 0.109. The topological polar surface area (TPSA) is 78.5 Å². The van der Waals surface area contributed by atoms with Crippen molar-refractivity contribution in [3.63, 3.8) is 0 Å². The van der Waals surface area contributed by atoms with Crippen molar-refractivity contribution >= 4 is 33.5 Å². The van der Waals surface area contributed by atoms with Gasteiger partial charge in [0.15, 0.2) is 11.6 Å². The summed E-state index contributed by atoms with van der Waals surface area (Å²) in [6.07, 6.45) is 2.63. The Morgan fingerprint density at radius 3 is 2.75 bits per heavy atom. The van der Waals surface area contributed by atoms with Gasteiger partial charge >= 0.3 is 0 Å². The van der Waals surface area contributed by atoms with Crippen LogP contribution in [0.2, 0.25) is 0 Å². The van der Waals surface area contributed by atoms with E-state index in [1.165, 1.54) is 5.56 Å². The van der Waals surface area contributed by atoms with Gasteiger partial charge in [0.25, 0.3) is 0 Å². The molecule has 124 valence electrons. The number of benzene rings is 1. The third-order valence-corrected chi connectivity index (χ3v) is 4.23. The minimum atomic E-state index is 0.109. The van der Waals surface area contributed by atoms with Gasteiger partial charge in [0.05, 0.1) is 10.5 Å². The molecule has 24 heavy (non-hydrogen) atoms. The first-order valence-electron chi connectivity index (χ1n) is 7.81. The van der Waals surface area contributed by atoms with Crippen molar-refractivity contribution < 1.29 is 0 Å². The van der Waals surface area contributed by atoms with Crippen molar-refractivity contribution in [2.24, 2.45) is 0 Å². The fourth-order valence-electron chi connectivity index (χ4n) is 2.27. The average molecular weight is 387 g/mol. The second-order valence-corrected chi connectivity index (χ2v) is 6.28. The lowest BCUT2D eigenvalue weighted by molar-refractivity contribution is 0.860. The number of aryl methyl sites for hydroxylation is 1. The molecule has 0 bridgehead atoms. The highest BCUT2D eigenvalue weighted by Gasteiger charge is 2.10. The number of aromatic nitrogens is 4. The maximum absolute atomic E-state index is 4.53. The normalized spacial score (nSPS) is 12.0. The first-order valence-corrected chi connectivity index (χ1v) is 8.60. The number of halogens is 1. The van der Waals surface area contributed by atoms with Gasteiger partial charge in [-0.15, -0.1) is 0 Å². The van der Waals surface area contributed by atoms with E-state index in [0.717, 1.165) is 22.4 Å². The summed E-state index contributed by atoms with van der Waals surface area (Å²) in [5.74, 6) is 1.96. The van der Waals surface area contributed by atoms with Gasteiger partial charge in [-0.3, -0.25) is 5.10 Å². The Morgan fingerprint density at radius 1 is 1.25 bits per heavy atom. The number of nitrogens with one attached hydrogen (secondary N) is 3. The largest absolute Gasteiger partial charge is 0.348 e. The molecular weight excluding hydrogens is 368 g/mol. The van der Waals surface area contributed by atoms with Gasteiger partial charge in [-0.05, 0) is 34.8 Å². The third kappa shape index (κ3) is 3.91. The molecule has 2 aromatic heterocycles. The summed E-state index contributed by atoms with van der Waals surface area (Å²) >= 11 is 3.47. The molecule has 0 amide bonds. The first kappa shape index (κ1) is 16.4. The van der Waals surface area contributed by atoms with Crippen molar-refractivity contribution in [3.8, 4) is 0 Å². The van der Waals surface area contributed by atoms with Crippen molar-refractivity contribution in [2.45, 2.75) is 26.3 Å². The van der Waals surface area contributed by atoms with E-state index in [2.05, 4.69) is 72.7 Å². The number of anilines is 3. The highest BCUT2D eigenvalue weighted by atomic mass is 79.9. The van der Waals surface area contributed by atoms with Crippen LogP contribution in [0.4, 0.5) is 17.6 Å². The molecule has 1 atom stereocenters. The first-order chi connectivity index (χ1) is 11.7. The van der Waals surface area contributed by atoms with Gasteiger partial charge in [-0.2, -0.15) is 10.1 Å². The van der Waals surface area contributed by atoms with E-state index in [0.29, 0.717) is 11.8 Å². The smallest absolute Gasteiger partial charge is 0.225 e. The molecule has 3 aromatic rings. The second-order valence-electron chi connectivity index (χ2n) is 5.42. The Morgan fingerprint density at radius 2 is 2.04 bits per heavy atom. The summed E-state index contributed by atoms with van der Waals surface area (Å²) in [5.41, 5.74) is 2.25. The number of nitrogens with zero attached hydrogens (tertiary/aromatic N) is 3. The molecular formula is C17H19BrN6. The Kier molecular flexibility index (Phi) is 5.10. The zero-order valence-electron chi connectivity index (χ0n) is 13.5. The summed E-state index contributed by atoms with van der Waals surface area (Å²) in [6, 6.07) is 12.3.